The maximum absolute atomic E-state index is 12.4. The molecule has 1 aliphatic rings. The van der Waals surface area contributed by atoms with E-state index < -0.39 is 16.0 Å². The largest absolute Gasteiger partial charge is 0.456 e. The summed E-state index contributed by atoms with van der Waals surface area (Å²) in [4.78, 5) is 24.9. The van der Waals surface area contributed by atoms with Gasteiger partial charge in [0.1, 0.15) is 0 Å². The van der Waals surface area contributed by atoms with Crippen LogP contribution in [0, 0.1) is 0 Å². The third-order valence-electron chi connectivity index (χ3n) is 3.99. The Labute approximate surface area is 154 Å². The number of ether oxygens (including phenoxy) is 1. The number of amides is 1. The van der Waals surface area contributed by atoms with Crippen LogP contribution >= 0.6 is 0 Å². The molecule has 0 aromatic heterocycles. The van der Waals surface area contributed by atoms with Gasteiger partial charge in [0.25, 0.3) is 5.91 Å². The lowest BCUT2D eigenvalue weighted by molar-refractivity contribution is -0.152. The Morgan fingerprint density at radius 2 is 1.77 bits per heavy atom. The highest BCUT2D eigenvalue weighted by atomic mass is 32.2. The summed E-state index contributed by atoms with van der Waals surface area (Å²) in [6.07, 6.45) is 2.51. The smallest absolute Gasteiger partial charge is 0.306 e. The summed E-state index contributed by atoms with van der Waals surface area (Å²) < 4.78 is 31.0. The van der Waals surface area contributed by atoms with Crippen molar-refractivity contribution >= 4 is 28.0 Å². The van der Waals surface area contributed by atoms with E-state index in [1.807, 2.05) is 37.3 Å². The number of rotatable bonds is 7. The van der Waals surface area contributed by atoms with E-state index in [1.165, 1.54) is 14.6 Å². The normalized spacial score (nSPS) is 16.0. The highest BCUT2D eigenvalue weighted by Crippen LogP contribution is 2.12. The maximum atomic E-state index is 12.4. The number of sulfonamides is 1. The van der Waals surface area contributed by atoms with E-state index in [0.717, 1.165) is 5.56 Å². The van der Waals surface area contributed by atoms with Crippen LogP contribution in [-0.4, -0.2) is 62.3 Å². The number of benzene rings is 1. The number of hydrogen-bond acceptors (Lipinski definition) is 5. The molecule has 0 spiro atoms. The molecule has 7 nitrogen and oxygen atoms in total. The molecule has 0 radical (unpaired) electrons. The molecule has 26 heavy (non-hydrogen) atoms. The zero-order chi connectivity index (χ0) is 19.0. The van der Waals surface area contributed by atoms with E-state index in [-0.39, 0.29) is 45.1 Å². The van der Waals surface area contributed by atoms with E-state index in [4.69, 9.17) is 4.74 Å². The minimum atomic E-state index is -3.53. The predicted octanol–water partition coefficient (Wildman–Crippen LogP) is 1.47. The molecule has 0 unspecified atom stereocenters. The van der Waals surface area contributed by atoms with Gasteiger partial charge in [0.15, 0.2) is 6.61 Å². The summed E-state index contributed by atoms with van der Waals surface area (Å²) in [5.74, 6) is -0.695. The van der Waals surface area contributed by atoms with Crippen LogP contribution in [0.1, 0.15) is 25.3 Å². The van der Waals surface area contributed by atoms with Gasteiger partial charge in [0.2, 0.25) is 10.0 Å². The van der Waals surface area contributed by atoms with Gasteiger partial charge in [-0.15, -0.1) is 0 Å². The second kappa shape index (κ2) is 9.49. The van der Waals surface area contributed by atoms with Crippen molar-refractivity contribution in [3.05, 3.63) is 41.3 Å². The van der Waals surface area contributed by atoms with Crippen molar-refractivity contribution < 1.29 is 22.7 Å². The molecule has 1 saturated heterocycles. The second-order valence-electron chi connectivity index (χ2n) is 5.95. The summed E-state index contributed by atoms with van der Waals surface area (Å²) in [6, 6.07) is 9.18. The second-order valence-corrected chi connectivity index (χ2v) is 7.77. The van der Waals surface area contributed by atoms with E-state index >= 15 is 0 Å². The molecular formula is C18H24N2O5S. The summed E-state index contributed by atoms with van der Waals surface area (Å²) in [6.45, 7) is 2.56. The first-order chi connectivity index (χ1) is 12.4. The number of nitrogens with zero attached hydrogens (tertiary/aromatic N) is 2. The Morgan fingerprint density at radius 3 is 2.38 bits per heavy atom. The molecule has 1 amide bonds. The van der Waals surface area contributed by atoms with E-state index in [1.54, 1.807) is 6.08 Å². The van der Waals surface area contributed by atoms with Crippen molar-refractivity contribution in [2.45, 2.75) is 19.8 Å². The molecule has 1 aliphatic heterocycles. The van der Waals surface area contributed by atoms with Crippen molar-refractivity contribution in [3.63, 3.8) is 0 Å². The molecular weight excluding hydrogens is 356 g/mol. The van der Waals surface area contributed by atoms with Crippen LogP contribution in [0.25, 0.3) is 6.08 Å². The average Bonchev–Trinajstić information content (AvgIpc) is 2.66. The van der Waals surface area contributed by atoms with Crippen LogP contribution in [0.2, 0.25) is 0 Å². The lowest BCUT2D eigenvalue weighted by atomic mass is 10.2. The fraction of sp³-hybridized carbons (Fsp3) is 0.444. The first-order valence-electron chi connectivity index (χ1n) is 8.59. The lowest BCUT2D eigenvalue weighted by Gasteiger charge is -2.33. The van der Waals surface area contributed by atoms with Crippen molar-refractivity contribution in [2.75, 3.05) is 32.8 Å². The zero-order valence-corrected chi connectivity index (χ0v) is 15.7. The molecule has 0 saturated carbocycles. The van der Waals surface area contributed by atoms with Gasteiger partial charge in [-0.1, -0.05) is 37.3 Å². The Balaban J connectivity index is 1.84. The van der Waals surface area contributed by atoms with Gasteiger partial charge in [-0.05, 0) is 18.1 Å². The Bertz CT molecular complexity index is 738. The monoisotopic (exact) mass is 380 g/mol. The standard InChI is InChI=1S/C18H24N2O5S/c1-2-6-18(22)25-15-17(21)19-10-12-20(13-11-19)26(23,24)14-9-16-7-4-3-5-8-16/h3-5,7-9,14H,2,6,10-13,15H2,1H3/b14-9+. The van der Waals surface area contributed by atoms with E-state index in [2.05, 4.69) is 0 Å². The summed E-state index contributed by atoms with van der Waals surface area (Å²) in [7, 11) is -3.53. The van der Waals surface area contributed by atoms with Crippen molar-refractivity contribution in [3.8, 4) is 0 Å². The third kappa shape index (κ3) is 5.96. The van der Waals surface area contributed by atoms with Crippen molar-refractivity contribution in [2.24, 2.45) is 0 Å². The number of carbonyl (C=O) groups is 2. The van der Waals surface area contributed by atoms with Gasteiger partial charge in [0.05, 0.1) is 0 Å². The molecule has 1 aromatic rings. The molecule has 0 atom stereocenters. The fourth-order valence-electron chi connectivity index (χ4n) is 2.52. The molecule has 142 valence electrons. The Hall–Kier alpha value is -2.19. The predicted molar refractivity (Wildman–Crippen MR) is 98.4 cm³/mol. The molecule has 0 N–H and O–H groups in total. The first kappa shape index (κ1) is 20.1. The van der Waals surface area contributed by atoms with Gasteiger partial charge >= 0.3 is 5.97 Å². The van der Waals surface area contributed by atoms with Crippen LogP contribution < -0.4 is 0 Å². The van der Waals surface area contributed by atoms with Gasteiger partial charge < -0.3 is 9.64 Å². The zero-order valence-electron chi connectivity index (χ0n) is 14.8. The number of esters is 1. The summed E-state index contributed by atoms with van der Waals surface area (Å²) >= 11 is 0. The lowest BCUT2D eigenvalue weighted by Crippen LogP contribution is -2.51. The summed E-state index contributed by atoms with van der Waals surface area (Å²) in [5, 5.41) is 1.19. The topological polar surface area (TPSA) is 84.0 Å². The minimum Gasteiger partial charge on any atom is -0.456 e. The molecule has 1 fully saturated rings. The molecule has 0 bridgehead atoms. The van der Waals surface area contributed by atoms with Gasteiger partial charge in [-0.3, -0.25) is 9.59 Å². The number of piperazine rings is 1. The first-order valence-corrected chi connectivity index (χ1v) is 10.1. The number of carbonyl (C=O) groups excluding carboxylic acids is 2. The average molecular weight is 380 g/mol. The number of hydrogen-bond donors (Lipinski definition) is 0. The van der Waals surface area contributed by atoms with Crippen molar-refractivity contribution in [1.29, 1.82) is 0 Å². The Morgan fingerprint density at radius 1 is 1.12 bits per heavy atom. The molecule has 1 heterocycles. The highest BCUT2D eigenvalue weighted by molar-refractivity contribution is 7.92. The summed E-state index contributed by atoms with van der Waals surface area (Å²) in [5.41, 5.74) is 0.804. The quantitative estimate of drug-likeness (QED) is 0.669. The van der Waals surface area contributed by atoms with E-state index in [9.17, 15) is 18.0 Å². The highest BCUT2D eigenvalue weighted by Gasteiger charge is 2.27. The van der Waals surface area contributed by atoms with Crippen LogP contribution in [0.15, 0.2) is 35.7 Å². The SMILES string of the molecule is CCCC(=O)OCC(=O)N1CCN(S(=O)(=O)/C=C/c2ccccc2)CC1. The fourth-order valence-corrected chi connectivity index (χ4v) is 3.69. The molecule has 0 aliphatic carbocycles. The van der Waals surface area contributed by atoms with E-state index in [0.29, 0.717) is 6.42 Å². The third-order valence-corrected chi connectivity index (χ3v) is 5.56. The van der Waals surface area contributed by atoms with Crippen molar-refractivity contribution in [1.82, 2.24) is 9.21 Å². The molecule has 1 aromatic carbocycles. The van der Waals surface area contributed by atoms with Crippen LogP contribution in [0.4, 0.5) is 0 Å². The molecule has 2 rings (SSSR count). The Kier molecular flexibility index (Phi) is 7.35. The minimum absolute atomic E-state index is 0.218. The van der Waals surface area contributed by atoms with Crippen LogP contribution in [-0.2, 0) is 24.3 Å². The van der Waals surface area contributed by atoms with Crippen LogP contribution in [0.3, 0.4) is 0 Å². The van der Waals surface area contributed by atoms with Gasteiger partial charge in [-0.25, -0.2) is 8.42 Å². The maximum Gasteiger partial charge on any atom is 0.306 e. The van der Waals surface area contributed by atoms with Gasteiger partial charge in [-0.2, -0.15) is 4.31 Å². The van der Waals surface area contributed by atoms with Crippen LogP contribution in [0.5, 0.6) is 0 Å². The van der Waals surface area contributed by atoms with Gasteiger partial charge in [0, 0.05) is 38.0 Å². The molecule has 8 heteroatoms.